The average Bonchev–Trinajstić information content (AvgIpc) is 2.38. The average molecular weight is 276 g/mol. The van der Waals surface area contributed by atoms with Crippen LogP contribution in [-0.2, 0) is 6.42 Å². The number of nitrogens with one attached hydrogen (secondary N) is 1. The van der Waals surface area contributed by atoms with Crippen LogP contribution in [0.15, 0.2) is 36.4 Å². The van der Waals surface area contributed by atoms with Crippen LogP contribution in [0.1, 0.15) is 5.56 Å². The van der Waals surface area contributed by atoms with Gasteiger partial charge in [-0.05, 0) is 42.0 Å². The zero-order valence-electron chi connectivity index (χ0n) is 9.95. The zero-order chi connectivity index (χ0) is 13.8. The summed E-state index contributed by atoms with van der Waals surface area (Å²) in [4.78, 5) is 0. The Labute approximate surface area is 115 Å². The fraction of sp³-hybridized carbons (Fsp3) is 0.0714. The smallest absolute Gasteiger partial charge is 0.146 e. The number of nitrogen functional groups attached to an aromatic ring is 1. The molecule has 0 aromatic heterocycles. The summed E-state index contributed by atoms with van der Waals surface area (Å²) in [5, 5.41) is 12.1. The first-order valence-corrected chi connectivity index (χ1v) is 5.95. The number of anilines is 3. The van der Waals surface area contributed by atoms with Crippen molar-refractivity contribution in [3.8, 4) is 6.07 Å². The fourth-order valence-corrected chi connectivity index (χ4v) is 1.84. The predicted octanol–water partition coefficient (Wildman–Crippen LogP) is 3.87. The van der Waals surface area contributed by atoms with Crippen molar-refractivity contribution in [1.29, 1.82) is 5.26 Å². The summed E-state index contributed by atoms with van der Waals surface area (Å²) in [6.07, 6.45) is 0.208. The third kappa shape index (κ3) is 3.15. The number of halogens is 2. The molecule has 0 bridgehead atoms. The van der Waals surface area contributed by atoms with E-state index in [1.807, 2.05) is 6.07 Å². The van der Waals surface area contributed by atoms with Crippen LogP contribution in [0.3, 0.4) is 0 Å². The van der Waals surface area contributed by atoms with Gasteiger partial charge in [-0.1, -0.05) is 11.6 Å². The largest absolute Gasteiger partial charge is 0.398 e. The minimum Gasteiger partial charge on any atom is -0.398 e. The van der Waals surface area contributed by atoms with Gasteiger partial charge in [0.2, 0.25) is 0 Å². The summed E-state index contributed by atoms with van der Waals surface area (Å²) in [7, 11) is 0. The molecular weight excluding hydrogens is 265 g/mol. The predicted molar refractivity (Wildman–Crippen MR) is 74.9 cm³/mol. The molecule has 96 valence electrons. The number of nitrogens with two attached hydrogens (primary N) is 1. The van der Waals surface area contributed by atoms with Gasteiger partial charge in [-0.2, -0.15) is 5.26 Å². The van der Waals surface area contributed by atoms with Crippen molar-refractivity contribution in [2.75, 3.05) is 11.1 Å². The highest BCUT2D eigenvalue weighted by Crippen LogP contribution is 2.25. The number of hydrogen-bond acceptors (Lipinski definition) is 3. The molecule has 0 heterocycles. The van der Waals surface area contributed by atoms with Gasteiger partial charge in [0.1, 0.15) is 5.82 Å². The Balaban J connectivity index is 2.31. The molecule has 0 amide bonds. The second-order valence-corrected chi connectivity index (χ2v) is 4.43. The van der Waals surface area contributed by atoms with Crippen LogP contribution in [0.2, 0.25) is 5.02 Å². The van der Waals surface area contributed by atoms with Crippen molar-refractivity contribution in [2.24, 2.45) is 0 Å². The van der Waals surface area contributed by atoms with E-state index in [1.54, 1.807) is 18.2 Å². The molecule has 0 atom stereocenters. The molecule has 0 unspecified atom stereocenters. The maximum absolute atomic E-state index is 13.6. The minimum atomic E-state index is -0.400. The first-order valence-electron chi connectivity index (χ1n) is 5.57. The monoisotopic (exact) mass is 275 g/mol. The Morgan fingerprint density at radius 3 is 2.79 bits per heavy atom. The van der Waals surface area contributed by atoms with Crippen LogP contribution in [0.5, 0.6) is 0 Å². The van der Waals surface area contributed by atoms with Crippen LogP contribution < -0.4 is 11.1 Å². The van der Waals surface area contributed by atoms with Crippen molar-refractivity contribution in [3.63, 3.8) is 0 Å². The van der Waals surface area contributed by atoms with Crippen LogP contribution in [0, 0.1) is 17.1 Å². The molecule has 2 aromatic rings. The maximum Gasteiger partial charge on any atom is 0.146 e. The van der Waals surface area contributed by atoms with Gasteiger partial charge in [-0.15, -0.1) is 0 Å². The van der Waals surface area contributed by atoms with E-state index in [1.165, 1.54) is 18.2 Å². The van der Waals surface area contributed by atoms with Gasteiger partial charge < -0.3 is 11.1 Å². The van der Waals surface area contributed by atoms with E-state index >= 15 is 0 Å². The van der Waals surface area contributed by atoms with Gasteiger partial charge in [-0.3, -0.25) is 0 Å². The Hall–Kier alpha value is -2.25. The van der Waals surface area contributed by atoms with Gasteiger partial charge in [0, 0.05) is 16.4 Å². The van der Waals surface area contributed by atoms with E-state index in [4.69, 9.17) is 22.6 Å². The number of rotatable bonds is 3. The second-order valence-electron chi connectivity index (χ2n) is 4.00. The van der Waals surface area contributed by atoms with E-state index in [0.717, 1.165) is 0 Å². The third-order valence-corrected chi connectivity index (χ3v) is 2.85. The van der Waals surface area contributed by atoms with E-state index in [0.29, 0.717) is 22.0 Å². The SMILES string of the molecule is N#CCc1cc(Nc2cc(Cl)ccc2F)ccc1N. The van der Waals surface area contributed by atoms with E-state index in [-0.39, 0.29) is 12.1 Å². The molecule has 0 aliphatic heterocycles. The molecule has 3 N–H and O–H groups in total. The molecule has 19 heavy (non-hydrogen) atoms. The molecule has 0 radical (unpaired) electrons. The summed E-state index contributed by atoms with van der Waals surface area (Å²) >= 11 is 5.82. The number of hydrogen-bond donors (Lipinski definition) is 2. The van der Waals surface area contributed by atoms with Crippen LogP contribution in [-0.4, -0.2) is 0 Å². The molecule has 0 aliphatic carbocycles. The molecule has 0 aliphatic rings. The highest BCUT2D eigenvalue weighted by Gasteiger charge is 2.05. The van der Waals surface area contributed by atoms with Gasteiger partial charge in [0.05, 0.1) is 18.2 Å². The highest BCUT2D eigenvalue weighted by atomic mass is 35.5. The summed E-state index contributed by atoms with van der Waals surface area (Å²) in [5.74, 6) is -0.400. The Bertz CT molecular complexity index is 650. The molecular formula is C14H11ClFN3. The Morgan fingerprint density at radius 1 is 1.26 bits per heavy atom. The number of nitrogens with zero attached hydrogens (tertiary/aromatic N) is 1. The standard InChI is InChI=1S/C14H11ClFN3/c15-10-1-3-12(16)14(8-10)19-11-2-4-13(18)9(7-11)5-6-17/h1-4,7-8,19H,5,18H2. The summed E-state index contributed by atoms with van der Waals surface area (Å²) in [6.45, 7) is 0. The van der Waals surface area contributed by atoms with Gasteiger partial charge >= 0.3 is 0 Å². The van der Waals surface area contributed by atoms with Crippen molar-refractivity contribution in [1.82, 2.24) is 0 Å². The van der Waals surface area contributed by atoms with Crippen LogP contribution in [0.25, 0.3) is 0 Å². The lowest BCUT2D eigenvalue weighted by molar-refractivity contribution is 0.632. The normalized spacial score (nSPS) is 9.95. The summed E-state index contributed by atoms with van der Waals surface area (Å²) in [6, 6.07) is 11.4. The topological polar surface area (TPSA) is 61.8 Å². The van der Waals surface area contributed by atoms with Gasteiger partial charge in [-0.25, -0.2) is 4.39 Å². The molecule has 0 fully saturated rings. The van der Waals surface area contributed by atoms with Crippen molar-refractivity contribution in [2.45, 2.75) is 6.42 Å². The van der Waals surface area contributed by atoms with Gasteiger partial charge in [0.25, 0.3) is 0 Å². The summed E-state index contributed by atoms with van der Waals surface area (Å²) < 4.78 is 13.6. The first-order chi connectivity index (χ1) is 9.10. The van der Waals surface area contributed by atoms with Crippen LogP contribution >= 0.6 is 11.6 Å². The lowest BCUT2D eigenvalue weighted by Crippen LogP contribution is -1.98. The lowest BCUT2D eigenvalue weighted by atomic mass is 10.1. The van der Waals surface area contributed by atoms with Crippen molar-refractivity contribution in [3.05, 3.63) is 52.8 Å². The molecule has 2 aromatic carbocycles. The van der Waals surface area contributed by atoms with E-state index in [2.05, 4.69) is 5.32 Å². The molecule has 5 heteroatoms. The number of benzene rings is 2. The Morgan fingerprint density at radius 2 is 2.05 bits per heavy atom. The molecule has 0 saturated heterocycles. The van der Waals surface area contributed by atoms with Crippen molar-refractivity contribution < 1.29 is 4.39 Å². The Kier molecular flexibility index (Phi) is 3.88. The minimum absolute atomic E-state index is 0.208. The number of nitriles is 1. The molecule has 0 saturated carbocycles. The second kappa shape index (κ2) is 5.59. The zero-order valence-corrected chi connectivity index (χ0v) is 10.7. The first kappa shape index (κ1) is 13.2. The third-order valence-electron chi connectivity index (χ3n) is 2.62. The highest BCUT2D eigenvalue weighted by molar-refractivity contribution is 6.30. The maximum atomic E-state index is 13.6. The van der Waals surface area contributed by atoms with E-state index < -0.39 is 5.82 Å². The fourth-order valence-electron chi connectivity index (χ4n) is 1.67. The quantitative estimate of drug-likeness (QED) is 0.836. The molecule has 0 spiro atoms. The van der Waals surface area contributed by atoms with E-state index in [9.17, 15) is 4.39 Å². The molecule has 2 rings (SSSR count). The van der Waals surface area contributed by atoms with Gasteiger partial charge in [0.15, 0.2) is 0 Å². The molecule has 3 nitrogen and oxygen atoms in total. The lowest BCUT2D eigenvalue weighted by Gasteiger charge is -2.10. The van der Waals surface area contributed by atoms with Crippen LogP contribution in [0.4, 0.5) is 21.5 Å². The van der Waals surface area contributed by atoms with Crippen molar-refractivity contribution >= 4 is 28.7 Å². The summed E-state index contributed by atoms with van der Waals surface area (Å²) in [5.41, 5.74) is 7.92.